The summed E-state index contributed by atoms with van der Waals surface area (Å²) in [7, 11) is 0. The molecule has 0 radical (unpaired) electrons. The summed E-state index contributed by atoms with van der Waals surface area (Å²) in [6.45, 7) is 1.89. The third-order valence-electron chi connectivity index (χ3n) is 1.41. The van der Waals surface area contributed by atoms with E-state index in [1.807, 2.05) is 31.4 Å². The molecule has 0 atom stereocenters. The fourth-order valence-electron chi connectivity index (χ4n) is 0.903. The van der Waals surface area contributed by atoms with Gasteiger partial charge in [0.1, 0.15) is 0 Å². The van der Waals surface area contributed by atoms with Gasteiger partial charge in [-0.15, -0.1) is 11.8 Å². The first kappa shape index (κ1) is 9.62. The number of hydrogen-bond acceptors (Lipinski definition) is 2. The van der Waals surface area contributed by atoms with Gasteiger partial charge in [-0.25, -0.2) is 0 Å². The molecule has 0 bridgehead atoms. The van der Waals surface area contributed by atoms with Gasteiger partial charge in [-0.2, -0.15) is 0 Å². The molecule has 0 spiro atoms. The van der Waals surface area contributed by atoms with Crippen LogP contribution in [-0.2, 0) is 0 Å². The Morgan fingerprint density at radius 2 is 2.25 bits per heavy atom. The van der Waals surface area contributed by atoms with Crippen LogP contribution >= 0.6 is 23.4 Å². The predicted molar refractivity (Wildman–Crippen MR) is 57.1 cm³/mol. The average Bonchev–Trinajstić information content (AvgIpc) is 2.05. The van der Waals surface area contributed by atoms with Crippen LogP contribution in [0, 0.1) is 0 Å². The van der Waals surface area contributed by atoms with E-state index in [0.29, 0.717) is 0 Å². The summed E-state index contributed by atoms with van der Waals surface area (Å²) in [5.74, 6) is 0. The second kappa shape index (κ2) is 4.53. The fourth-order valence-corrected chi connectivity index (χ4v) is 1.59. The maximum atomic E-state index is 5.83. The highest BCUT2D eigenvalue weighted by atomic mass is 35.5. The van der Waals surface area contributed by atoms with E-state index < -0.39 is 0 Å². The van der Waals surface area contributed by atoms with Gasteiger partial charge in [-0.3, -0.25) is 4.99 Å². The van der Waals surface area contributed by atoms with E-state index in [9.17, 15) is 0 Å². The first-order valence-corrected chi connectivity index (χ1v) is 5.20. The molecule has 1 nitrogen and oxygen atoms in total. The Hall–Kier alpha value is -0.470. The number of benzene rings is 1. The van der Waals surface area contributed by atoms with Crippen molar-refractivity contribution in [1.29, 1.82) is 0 Å². The number of rotatable bonds is 2. The maximum Gasteiger partial charge on any atom is 0.0776 e. The van der Waals surface area contributed by atoms with Crippen LogP contribution in [0.4, 0.5) is 5.69 Å². The molecule has 1 aromatic rings. The number of halogens is 1. The molecule has 0 saturated heterocycles. The van der Waals surface area contributed by atoms with Crippen LogP contribution in [0.2, 0.25) is 5.02 Å². The number of nitrogens with zero attached hydrogens (tertiary/aromatic N) is 1. The highest BCUT2D eigenvalue weighted by Gasteiger charge is 1.99. The zero-order valence-corrected chi connectivity index (χ0v) is 8.62. The zero-order valence-electron chi connectivity index (χ0n) is 7.04. The number of aliphatic imine (C=N–C) groups is 1. The molecule has 1 aromatic carbocycles. The van der Waals surface area contributed by atoms with Gasteiger partial charge >= 0.3 is 0 Å². The lowest BCUT2D eigenvalue weighted by Crippen LogP contribution is -1.73. The lowest BCUT2D eigenvalue weighted by Gasteiger charge is -2.01. The van der Waals surface area contributed by atoms with Crippen LogP contribution < -0.4 is 0 Å². The topological polar surface area (TPSA) is 12.4 Å². The number of thioether (sulfide) groups is 1. The molecule has 0 aromatic heterocycles. The summed E-state index contributed by atoms with van der Waals surface area (Å²) in [4.78, 5) is 5.36. The van der Waals surface area contributed by atoms with Crippen molar-refractivity contribution in [2.45, 2.75) is 11.8 Å². The normalized spacial score (nSPS) is 10.9. The van der Waals surface area contributed by atoms with Crippen molar-refractivity contribution in [2.24, 2.45) is 4.99 Å². The van der Waals surface area contributed by atoms with Gasteiger partial charge in [0.25, 0.3) is 0 Å². The summed E-state index contributed by atoms with van der Waals surface area (Å²) in [6, 6.07) is 5.73. The summed E-state index contributed by atoms with van der Waals surface area (Å²) >= 11 is 7.50. The predicted octanol–water partition coefficient (Wildman–Crippen LogP) is 3.78. The standard InChI is InChI=1S/C9H10ClNS/c1-3-11-8-6-7(10)4-5-9(8)12-2/h3-6H,1-2H3. The van der Waals surface area contributed by atoms with E-state index >= 15 is 0 Å². The molecule has 64 valence electrons. The van der Waals surface area contributed by atoms with Crippen molar-refractivity contribution >= 4 is 35.3 Å². The molecule has 0 unspecified atom stereocenters. The lowest BCUT2D eigenvalue weighted by atomic mass is 10.3. The van der Waals surface area contributed by atoms with Crippen LogP contribution in [0.3, 0.4) is 0 Å². The molecule has 0 heterocycles. The second-order valence-electron chi connectivity index (χ2n) is 2.20. The van der Waals surface area contributed by atoms with Gasteiger partial charge < -0.3 is 0 Å². The van der Waals surface area contributed by atoms with Crippen molar-refractivity contribution in [3.05, 3.63) is 23.2 Å². The molecule has 0 aliphatic heterocycles. The van der Waals surface area contributed by atoms with Crippen molar-refractivity contribution in [3.8, 4) is 0 Å². The fraction of sp³-hybridized carbons (Fsp3) is 0.222. The molecule has 0 aliphatic carbocycles. The largest absolute Gasteiger partial charge is 0.260 e. The minimum atomic E-state index is 0.730. The zero-order chi connectivity index (χ0) is 8.97. The van der Waals surface area contributed by atoms with Gasteiger partial charge in [0.05, 0.1) is 5.69 Å². The van der Waals surface area contributed by atoms with E-state index in [1.165, 1.54) is 0 Å². The van der Waals surface area contributed by atoms with Crippen molar-refractivity contribution in [2.75, 3.05) is 6.26 Å². The smallest absolute Gasteiger partial charge is 0.0776 e. The van der Waals surface area contributed by atoms with Gasteiger partial charge in [-0.1, -0.05) is 11.6 Å². The Kier molecular flexibility index (Phi) is 3.63. The van der Waals surface area contributed by atoms with Gasteiger partial charge in [0.2, 0.25) is 0 Å². The van der Waals surface area contributed by atoms with Crippen molar-refractivity contribution < 1.29 is 0 Å². The number of hydrogen-bond donors (Lipinski definition) is 0. The van der Waals surface area contributed by atoms with E-state index in [-0.39, 0.29) is 0 Å². The van der Waals surface area contributed by atoms with E-state index in [2.05, 4.69) is 4.99 Å². The van der Waals surface area contributed by atoms with E-state index in [0.717, 1.165) is 15.6 Å². The Labute approximate surface area is 81.8 Å². The van der Waals surface area contributed by atoms with Gasteiger partial charge in [0.15, 0.2) is 0 Å². The van der Waals surface area contributed by atoms with E-state index in [1.54, 1.807) is 18.0 Å². The molecule has 0 amide bonds. The monoisotopic (exact) mass is 199 g/mol. The summed E-state index contributed by atoms with van der Waals surface area (Å²) in [5.41, 5.74) is 0.942. The Morgan fingerprint density at radius 3 is 2.83 bits per heavy atom. The molecule has 12 heavy (non-hydrogen) atoms. The second-order valence-corrected chi connectivity index (χ2v) is 3.49. The first-order chi connectivity index (χ1) is 5.77. The summed E-state index contributed by atoms with van der Waals surface area (Å²) in [5, 5.41) is 0.730. The van der Waals surface area contributed by atoms with Crippen molar-refractivity contribution in [1.82, 2.24) is 0 Å². The van der Waals surface area contributed by atoms with Crippen LogP contribution in [0.15, 0.2) is 28.1 Å². The molecule has 0 fully saturated rings. The Morgan fingerprint density at radius 1 is 1.50 bits per heavy atom. The highest BCUT2D eigenvalue weighted by Crippen LogP contribution is 2.30. The first-order valence-electron chi connectivity index (χ1n) is 3.60. The Bertz CT molecular complexity index is 297. The third kappa shape index (κ3) is 2.26. The van der Waals surface area contributed by atoms with Crippen LogP contribution in [0.1, 0.15) is 6.92 Å². The molecule has 3 heteroatoms. The molecule has 0 N–H and O–H groups in total. The maximum absolute atomic E-state index is 5.83. The minimum absolute atomic E-state index is 0.730. The van der Waals surface area contributed by atoms with Gasteiger partial charge in [0, 0.05) is 16.1 Å². The highest BCUT2D eigenvalue weighted by molar-refractivity contribution is 7.98. The molecule has 0 saturated carbocycles. The summed E-state index contributed by atoms with van der Waals surface area (Å²) in [6.07, 6.45) is 3.79. The molecule has 0 aliphatic rings. The Balaban J connectivity index is 3.12. The van der Waals surface area contributed by atoms with Crippen LogP contribution in [-0.4, -0.2) is 12.5 Å². The quantitative estimate of drug-likeness (QED) is 0.522. The van der Waals surface area contributed by atoms with E-state index in [4.69, 9.17) is 11.6 Å². The minimum Gasteiger partial charge on any atom is -0.260 e. The van der Waals surface area contributed by atoms with Gasteiger partial charge in [-0.05, 0) is 31.4 Å². The molecular weight excluding hydrogens is 190 g/mol. The van der Waals surface area contributed by atoms with Crippen LogP contribution in [0.5, 0.6) is 0 Å². The average molecular weight is 200 g/mol. The molecular formula is C9H10ClNS. The third-order valence-corrected chi connectivity index (χ3v) is 2.43. The SMILES string of the molecule is CC=Nc1cc(Cl)ccc1SC. The van der Waals surface area contributed by atoms with Crippen molar-refractivity contribution in [3.63, 3.8) is 0 Å². The summed E-state index contributed by atoms with van der Waals surface area (Å²) < 4.78 is 0. The lowest BCUT2D eigenvalue weighted by molar-refractivity contribution is 1.38. The van der Waals surface area contributed by atoms with Crippen LogP contribution in [0.25, 0.3) is 0 Å². The molecule has 1 rings (SSSR count).